The molecule has 1 nitrogen and oxygen atoms in total. The SMILES string of the molecule is CSc1cc(C)c(CO)c(C)c1. The molecule has 0 spiro atoms. The summed E-state index contributed by atoms with van der Waals surface area (Å²) in [6.45, 7) is 4.23. The third-order valence-corrected chi connectivity index (χ3v) is 2.77. The molecular formula is C10H14OS. The molecule has 0 aromatic heterocycles. The molecule has 2 heteroatoms. The van der Waals surface area contributed by atoms with Crippen molar-refractivity contribution in [2.24, 2.45) is 0 Å². The van der Waals surface area contributed by atoms with Gasteiger partial charge in [-0.3, -0.25) is 0 Å². The Labute approximate surface area is 77.8 Å². The van der Waals surface area contributed by atoms with Crippen LogP contribution in [0, 0.1) is 13.8 Å². The zero-order chi connectivity index (χ0) is 9.14. The smallest absolute Gasteiger partial charge is 0.0687 e. The van der Waals surface area contributed by atoms with Crippen LogP contribution in [0.3, 0.4) is 0 Å². The van der Waals surface area contributed by atoms with Gasteiger partial charge in [0, 0.05) is 4.90 Å². The second-order valence-corrected chi connectivity index (χ2v) is 3.78. The summed E-state index contributed by atoms with van der Waals surface area (Å²) >= 11 is 1.73. The first-order valence-electron chi connectivity index (χ1n) is 3.94. The van der Waals surface area contributed by atoms with Gasteiger partial charge < -0.3 is 5.11 Å². The van der Waals surface area contributed by atoms with Gasteiger partial charge in [0.1, 0.15) is 0 Å². The molecule has 0 fully saturated rings. The minimum absolute atomic E-state index is 0.145. The zero-order valence-corrected chi connectivity index (χ0v) is 8.53. The summed E-state index contributed by atoms with van der Waals surface area (Å²) in [6, 6.07) is 4.23. The van der Waals surface area contributed by atoms with Crippen molar-refractivity contribution in [2.75, 3.05) is 6.26 Å². The summed E-state index contributed by atoms with van der Waals surface area (Å²) in [4.78, 5) is 1.27. The van der Waals surface area contributed by atoms with E-state index in [-0.39, 0.29) is 6.61 Å². The van der Waals surface area contributed by atoms with Crippen LogP contribution < -0.4 is 0 Å². The lowest BCUT2D eigenvalue weighted by Gasteiger charge is -2.08. The first kappa shape index (κ1) is 9.62. The van der Waals surface area contributed by atoms with Crippen molar-refractivity contribution in [1.82, 2.24) is 0 Å². The van der Waals surface area contributed by atoms with Crippen LogP contribution >= 0.6 is 11.8 Å². The van der Waals surface area contributed by atoms with Crippen LogP contribution in [-0.2, 0) is 6.61 Å². The summed E-state index contributed by atoms with van der Waals surface area (Å²) in [6.07, 6.45) is 2.06. The van der Waals surface area contributed by atoms with E-state index in [1.54, 1.807) is 11.8 Å². The van der Waals surface area contributed by atoms with Crippen LogP contribution in [0.2, 0.25) is 0 Å². The highest BCUT2D eigenvalue weighted by Gasteiger charge is 2.02. The maximum absolute atomic E-state index is 9.06. The van der Waals surface area contributed by atoms with E-state index in [1.807, 2.05) is 13.8 Å². The largest absolute Gasteiger partial charge is 0.392 e. The second-order valence-electron chi connectivity index (χ2n) is 2.90. The van der Waals surface area contributed by atoms with Crippen molar-refractivity contribution in [2.45, 2.75) is 25.3 Å². The average Bonchev–Trinajstić information content (AvgIpc) is 2.03. The lowest BCUT2D eigenvalue weighted by Crippen LogP contribution is -1.93. The zero-order valence-electron chi connectivity index (χ0n) is 7.72. The van der Waals surface area contributed by atoms with Crippen LogP contribution in [-0.4, -0.2) is 11.4 Å². The predicted octanol–water partition coefficient (Wildman–Crippen LogP) is 2.52. The van der Waals surface area contributed by atoms with Crippen molar-refractivity contribution in [3.8, 4) is 0 Å². The van der Waals surface area contributed by atoms with Crippen molar-refractivity contribution in [1.29, 1.82) is 0 Å². The molecule has 1 aromatic rings. The Hall–Kier alpha value is -0.470. The number of aliphatic hydroxyl groups excluding tert-OH is 1. The molecule has 0 aliphatic heterocycles. The molecule has 66 valence electrons. The van der Waals surface area contributed by atoms with Gasteiger partial charge in [0.15, 0.2) is 0 Å². The van der Waals surface area contributed by atoms with Crippen molar-refractivity contribution in [3.63, 3.8) is 0 Å². The van der Waals surface area contributed by atoms with Crippen LogP contribution in [0.5, 0.6) is 0 Å². The van der Waals surface area contributed by atoms with Crippen LogP contribution in [0.25, 0.3) is 0 Å². The summed E-state index contributed by atoms with van der Waals surface area (Å²) in [5.41, 5.74) is 3.43. The maximum Gasteiger partial charge on any atom is 0.0687 e. The maximum atomic E-state index is 9.06. The van der Waals surface area contributed by atoms with Crippen LogP contribution in [0.1, 0.15) is 16.7 Å². The van der Waals surface area contributed by atoms with E-state index in [0.29, 0.717) is 0 Å². The van der Waals surface area contributed by atoms with Crippen molar-refractivity contribution >= 4 is 11.8 Å². The summed E-state index contributed by atoms with van der Waals surface area (Å²) in [5, 5.41) is 9.06. The summed E-state index contributed by atoms with van der Waals surface area (Å²) in [7, 11) is 0. The monoisotopic (exact) mass is 182 g/mol. The molecule has 1 aromatic carbocycles. The number of hydrogen-bond donors (Lipinski definition) is 1. The fourth-order valence-corrected chi connectivity index (χ4v) is 1.91. The van der Waals surface area contributed by atoms with Gasteiger partial charge in [0.25, 0.3) is 0 Å². The first-order valence-corrected chi connectivity index (χ1v) is 5.16. The molecule has 0 atom stereocenters. The highest BCUT2D eigenvalue weighted by Crippen LogP contribution is 2.22. The fourth-order valence-electron chi connectivity index (χ4n) is 1.32. The minimum Gasteiger partial charge on any atom is -0.392 e. The predicted molar refractivity (Wildman–Crippen MR) is 53.6 cm³/mol. The lowest BCUT2D eigenvalue weighted by molar-refractivity contribution is 0.280. The van der Waals surface area contributed by atoms with Crippen LogP contribution in [0.15, 0.2) is 17.0 Å². The number of aryl methyl sites for hydroxylation is 2. The van der Waals surface area contributed by atoms with Crippen LogP contribution in [0.4, 0.5) is 0 Å². The normalized spacial score (nSPS) is 10.3. The Bertz CT molecular complexity index is 258. The molecule has 0 aliphatic rings. The van der Waals surface area contributed by atoms with Crippen molar-refractivity contribution < 1.29 is 5.11 Å². The van der Waals surface area contributed by atoms with Crippen molar-refractivity contribution in [3.05, 3.63) is 28.8 Å². The van der Waals surface area contributed by atoms with Gasteiger partial charge in [-0.1, -0.05) is 0 Å². The molecule has 0 amide bonds. The van der Waals surface area contributed by atoms with Gasteiger partial charge in [0.05, 0.1) is 6.61 Å². The molecule has 12 heavy (non-hydrogen) atoms. The second kappa shape index (κ2) is 3.97. The molecule has 1 rings (SSSR count). The van der Waals surface area contributed by atoms with Gasteiger partial charge in [-0.05, 0) is 48.9 Å². The number of benzene rings is 1. The molecule has 0 bridgehead atoms. The Kier molecular flexibility index (Phi) is 3.18. The number of rotatable bonds is 2. The molecule has 0 heterocycles. The Morgan fingerprint density at radius 2 is 1.75 bits per heavy atom. The summed E-state index contributed by atoms with van der Waals surface area (Å²) in [5.74, 6) is 0. The lowest BCUT2D eigenvalue weighted by atomic mass is 10.0. The number of thioether (sulfide) groups is 1. The number of hydrogen-bond acceptors (Lipinski definition) is 2. The molecule has 0 radical (unpaired) electrons. The van der Waals surface area contributed by atoms with Gasteiger partial charge in [-0.2, -0.15) is 0 Å². The Morgan fingerprint density at radius 3 is 2.08 bits per heavy atom. The van der Waals surface area contributed by atoms with E-state index in [2.05, 4.69) is 18.4 Å². The standard InChI is InChI=1S/C10H14OS/c1-7-4-9(12-3)5-8(2)10(7)6-11/h4-5,11H,6H2,1-3H3. The minimum atomic E-state index is 0.145. The highest BCUT2D eigenvalue weighted by atomic mass is 32.2. The third kappa shape index (κ3) is 1.82. The average molecular weight is 182 g/mol. The highest BCUT2D eigenvalue weighted by molar-refractivity contribution is 7.98. The fraction of sp³-hybridized carbons (Fsp3) is 0.400. The van der Waals surface area contributed by atoms with E-state index >= 15 is 0 Å². The van der Waals surface area contributed by atoms with E-state index in [4.69, 9.17) is 5.11 Å². The van der Waals surface area contributed by atoms with E-state index < -0.39 is 0 Å². The molecule has 0 unspecified atom stereocenters. The Morgan fingerprint density at radius 1 is 1.25 bits per heavy atom. The van der Waals surface area contributed by atoms with Gasteiger partial charge in [-0.15, -0.1) is 11.8 Å². The number of aliphatic hydroxyl groups is 1. The molecular weight excluding hydrogens is 168 g/mol. The van der Waals surface area contributed by atoms with E-state index in [0.717, 1.165) is 5.56 Å². The Balaban J connectivity index is 3.18. The third-order valence-electron chi connectivity index (χ3n) is 2.06. The quantitative estimate of drug-likeness (QED) is 0.709. The van der Waals surface area contributed by atoms with E-state index in [1.165, 1.54) is 16.0 Å². The summed E-state index contributed by atoms with van der Waals surface area (Å²) < 4.78 is 0. The van der Waals surface area contributed by atoms with E-state index in [9.17, 15) is 0 Å². The molecule has 0 saturated heterocycles. The molecule has 0 saturated carbocycles. The first-order chi connectivity index (χ1) is 5.69. The molecule has 1 N–H and O–H groups in total. The molecule has 0 aliphatic carbocycles. The van der Waals surface area contributed by atoms with Gasteiger partial charge in [0.2, 0.25) is 0 Å². The topological polar surface area (TPSA) is 20.2 Å². The van der Waals surface area contributed by atoms with Gasteiger partial charge in [-0.25, -0.2) is 0 Å². The van der Waals surface area contributed by atoms with Gasteiger partial charge >= 0.3 is 0 Å².